The van der Waals surface area contributed by atoms with E-state index in [0.717, 1.165) is 5.69 Å². The van der Waals surface area contributed by atoms with Gasteiger partial charge < -0.3 is 24.8 Å². The monoisotopic (exact) mass is 529 g/mol. The lowest BCUT2D eigenvalue weighted by Gasteiger charge is -2.36. The van der Waals surface area contributed by atoms with Crippen molar-refractivity contribution in [2.45, 2.75) is 20.3 Å². The van der Waals surface area contributed by atoms with Crippen LogP contribution in [0.1, 0.15) is 30.6 Å². The average Bonchev–Trinajstić information content (AvgIpc) is 2.88. The molecular weight excluding hydrogens is 498 g/mol. The Kier molecular flexibility index (Phi) is 8.50. The number of nitrogens with one attached hydrogen (secondary N) is 1. The number of piperazine rings is 1. The molecule has 198 valence electrons. The van der Waals surface area contributed by atoms with E-state index >= 15 is 0 Å². The maximum Gasteiger partial charge on any atom is 0.293 e. The number of carbonyl (C=O) groups excluding carboxylic acids is 2. The molecule has 2 aliphatic heterocycles. The summed E-state index contributed by atoms with van der Waals surface area (Å²) in [6.45, 7) is 8.82. The van der Waals surface area contributed by atoms with E-state index in [1.165, 1.54) is 6.07 Å². The number of benzene rings is 2. The van der Waals surface area contributed by atoms with Gasteiger partial charge in [-0.25, -0.2) is 0 Å². The molecule has 2 fully saturated rings. The van der Waals surface area contributed by atoms with E-state index in [9.17, 15) is 19.7 Å². The molecule has 4 rings (SSSR count). The minimum Gasteiger partial charge on any atom is -0.378 e. The van der Waals surface area contributed by atoms with E-state index in [0.29, 0.717) is 81.2 Å². The number of hydrogen-bond donors (Lipinski definition) is 1. The van der Waals surface area contributed by atoms with Crippen LogP contribution in [0.3, 0.4) is 0 Å². The van der Waals surface area contributed by atoms with Crippen molar-refractivity contribution in [2.75, 3.05) is 67.6 Å². The third-order valence-electron chi connectivity index (χ3n) is 6.55. The Morgan fingerprint density at radius 3 is 2.27 bits per heavy atom. The molecule has 0 radical (unpaired) electrons. The normalized spacial score (nSPS) is 16.2. The number of morpholine rings is 1. The van der Waals surface area contributed by atoms with Gasteiger partial charge in [-0.3, -0.25) is 19.7 Å². The van der Waals surface area contributed by atoms with E-state index in [1.54, 1.807) is 24.3 Å². The average molecular weight is 530 g/mol. The fourth-order valence-corrected chi connectivity index (χ4v) is 4.90. The van der Waals surface area contributed by atoms with Crippen molar-refractivity contribution in [1.29, 1.82) is 0 Å². The summed E-state index contributed by atoms with van der Waals surface area (Å²) in [6, 6.07) is 9.76. The molecule has 10 nitrogen and oxygen atoms in total. The topological polar surface area (TPSA) is 108 Å². The zero-order valence-electron chi connectivity index (χ0n) is 21.1. The molecule has 37 heavy (non-hydrogen) atoms. The molecule has 0 atom stereocenters. The minimum atomic E-state index is -0.469. The molecule has 0 aromatic heterocycles. The SMILES string of the molecule is CC(C)CC(=O)N1CCN(c2ccc(NC(=O)c3ccc(N4CCOCC4)c([N+](=O)[O-])c3)cc2Cl)CC1. The predicted octanol–water partition coefficient (Wildman–Crippen LogP) is 4.03. The number of nitro groups is 1. The third-order valence-corrected chi connectivity index (χ3v) is 6.85. The summed E-state index contributed by atoms with van der Waals surface area (Å²) in [6.07, 6.45) is 0.550. The van der Waals surface area contributed by atoms with Crippen molar-refractivity contribution in [3.63, 3.8) is 0 Å². The number of ether oxygens (including phenoxy) is 1. The molecular formula is C26H32ClN5O5. The van der Waals surface area contributed by atoms with Crippen LogP contribution in [0.4, 0.5) is 22.7 Å². The lowest BCUT2D eigenvalue weighted by atomic mass is 10.1. The highest BCUT2D eigenvalue weighted by Crippen LogP contribution is 2.32. The lowest BCUT2D eigenvalue weighted by Crippen LogP contribution is -2.49. The maximum atomic E-state index is 12.9. The number of nitrogens with zero attached hydrogens (tertiary/aromatic N) is 4. The Bertz CT molecular complexity index is 1160. The standard InChI is InChI=1S/C26H32ClN5O5/c1-18(2)15-25(33)31-9-7-29(8-10-31)22-6-4-20(17-21(22)27)28-26(34)19-3-5-23(24(16-19)32(35)36)30-11-13-37-14-12-30/h3-6,16-18H,7-15H2,1-2H3,(H,28,34). The van der Waals surface area contributed by atoms with Gasteiger partial charge in [0.15, 0.2) is 0 Å². The van der Waals surface area contributed by atoms with Gasteiger partial charge in [0.25, 0.3) is 11.6 Å². The van der Waals surface area contributed by atoms with Gasteiger partial charge in [0.1, 0.15) is 5.69 Å². The number of nitro benzene ring substituents is 1. The summed E-state index contributed by atoms with van der Waals surface area (Å²) in [4.78, 5) is 42.4. The second kappa shape index (κ2) is 11.8. The van der Waals surface area contributed by atoms with Crippen molar-refractivity contribution in [2.24, 2.45) is 5.92 Å². The Labute approximate surface area is 221 Å². The Morgan fingerprint density at radius 2 is 1.65 bits per heavy atom. The summed E-state index contributed by atoms with van der Waals surface area (Å²) in [5.74, 6) is 0.0475. The van der Waals surface area contributed by atoms with Crippen LogP contribution < -0.4 is 15.1 Å². The van der Waals surface area contributed by atoms with Gasteiger partial charge in [-0.15, -0.1) is 0 Å². The number of amides is 2. The van der Waals surface area contributed by atoms with Gasteiger partial charge in [-0.1, -0.05) is 25.4 Å². The van der Waals surface area contributed by atoms with Crippen molar-refractivity contribution in [3.05, 3.63) is 57.1 Å². The van der Waals surface area contributed by atoms with Gasteiger partial charge in [-0.05, 0) is 36.2 Å². The molecule has 2 aromatic rings. The van der Waals surface area contributed by atoms with Gasteiger partial charge in [0.2, 0.25) is 5.91 Å². The molecule has 2 heterocycles. The van der Waals surface area contributed by atoms with Gasteiger partial charge in [0.05, 0.1) is 28.8 Å². The first-order chi connectivity index (χ1) is 17.7. The zero-order chi connectivity index (χ0) is 26.5. The molecule has 2 saturated heterocycles. The van der Waals surface area contributed by atoms with Crippen LogP contribution >= 0.6 is 11.6 Å². The van der Waals surface area contributed by atoms with Crippen molar-refractivity contribution in [1.82, 2.24) is 4.90 Å². The second-order valence-corrected chi connectivity index (χ2v) is 10.1. The van der Waals surface area contributed by atoms with Crippen LogP contribution in [-0.4, -0.2) is 74.1 Å². The number of hydrogen-bond acceptors (Lipinski definition) is 7. The molecule has 2 amide bonds. The molecule has 11 heteroatoms. The number of halogens is 1. The van der Waals surface area contributed by atoms with Crippen LogP contribution in [0.25, 0.3) is 0 Å². The zero-order valence-corrected chi connectivity index (χ0v) is 21.9. The number of rotatable bonds is 7. The third kappa shape index (κ3) is 6.50. The quantitative estimate of drug-likeness (QED) is 0.426. The van der Waals surface area contributed by atoms with Crippen molar-refractivity contribution < 1.29 is 19.2 Å². The van der Waals surface area contributed by atoms with Crippen molar-refractivity contribution >= 4 is 46.2 Å². The lowest BCUT2D eigenvalue weighted by molar-refractivity contribution is -0.384. The first kappa shape index (κ1) is 26.7. The summed E-state index contributed by atoms with van der Waals surface area (Å²) >= 11 is 6.56. The molecule has 2 aromatic carbocycles. The van der Waals surface area contributed by atoms with E-state index in [2.05, 4.69) is 10.2 Å². The molecule has 0 saturated carbocycles. The van der Waals surface area contributed by atoms with Crippen LogP contribution in [0.2, 0.25) is 5.02 Å². The molecule has 2 aliphatic rings. The fraction of sp³-hybridized carbons (Fsp3) is 0.462. The van der Waals surface area contributed by atoms with Gasteiger partial charge >= 0.3 is 0 Å². The second-order valence-electron chi connectivity index (χ2n) is 9.65. The Morgan fingerprint density at radius 1 is 1.00 bits per heavy atom. The van der Waals surface area contributed by atoms with Crippen LogP contribution in [0.5, 0.6) is 0 Å². The largest absolute Gasteiger partial charge is 0.378 e. The Balaban J connectivity index is 1.41. The van der Waals surface area contributed by atoms with E-state index in [1.807, 2.05) is 29.7 Å². The number of anilines is 3. The first-order valence-electron chi connectivity index (χ1n) is 12.5. The summed E-state index contributed by atoms with van der Waals surface area (Å²) in [5, 5.41) is 15.0. The van der Waals surface area contributed by atoms with Crippen LogP contribution in [0, 0.1) is 16.0 Å². The molecule has 0 bridgehead atoms. The summed E-state index contributed by atoms with van der Waals surface area (Å²) in [5.41, 5.74) is 1.87. The smallest absolute Gasteiger partial charge is 0.293 e. The first-order valence-corrected chi connectivity index (χ1v) is 12.9. The summed E-state index contributed by atoms with van der Waals surface area (Å²) in [7, 11) is 0. The minimum absolute atomic E-state index is 0.117. The number of carbonyl (C=O) groups is 2. The van der Waals surface area contributed by atoms with E-state index in [4.69, 9.17) is 16.3 Å². The highest BCUT2D eigenvalue weighted by atomic mass is 35.5. The highest BCUT2D eigenvalue weighted by Gasteiger charge is 2.25. The van der Waals surface area contributed by atoms with Crippen molar-refractivity contribution in [3.8, 4) is 0 Å². The van der Waals surface area contributed by atoms with Gasteiger partial charge in [0, 0.05) is 63.0 Å². The predicted molar refractivity (Wildman–Crippen MR) is 144 cm³/mol. The van der Waals surface area contributed by atoms with E-state index in [-0.39, 0.29) is 17.2 Å². The molecule has 0 aliphatic carbocycles. The summed E-state index contributed by atoms with van der Waals surface area (Å²) < 4.78 is 5.33. The van der Waals surface area contributed by atoms with E-state index < -0.39 is 10.8 Å². The highest BCUT2D eigenvalue weighted by molar-refractivity contribution is 6.33. The van der Waals surface area contributed by atoms with Gasteiger partial charge in [-0.2, -0.15) is 0 Å². The molecule has 1 N–H and O–H groups in total. The van der Waals surface area contributed by atoms with Crippen LogP contribution in [0.15, 0.2) is 36.4 Å². The Hall–Kier alpha value is -3.37. The van der Waals surface area contributed by atoms with Crippen LogP contribution in [-0.2, 0) is 9.53 Å². The molecule has 0 spiro atoms. The molecule has 0 unspecified atom stereocenters. The maximum absolute atomic E-state index is 12.9. The fourth-order valence-electron chi connectivity index (χ4n) is 4.60.